The molecule has 0 bridgehead atoms. The molecule has 2 N–H and O–H groups in total. The van der Waals surface area contributed by atoms with Crippen LogP contribution in [0.4, 0.5) is 5.69 Å². The van der Waals surface area contributed by atoms with Crippen LogP contribution < -0.4 is 5.32 Å². The molecule has 17 heavy (non-hydrogen) atoms. The van der Waals surface area contributed by atoms with E-state index in [1.165, 1.54) is 12.3 Å². The van der Waals surface area contributed by atoms with Crippen molar-refractivity contribution in [3.05, 3.63) is 53.5 Å². The number of carboxylic acids is 1. The highest BCUT2D eigenvalue weighted by Crippen LogP contribution is 2.14. The summed E-state index contributed by atoms with van der Waals surface area (Å²) < 4.78 is 5.13. The van der Waals surface area contributed by atoms with Crippen LogP contribution in [-0.4, -0.2) is 11.1 Å². The van der Waals surface area contributed by atoms with Crippen molar-refractivity contribution in [3.8, 4) is 0 Å². The zero-order valence-corrected chi connectivity index (χ0v) is 9.43. The second kappa shape index (κ2) is 4.74. The molecule has 0 radical (unpaired) electrons. The Morgan fingerprint density at radius 3 is 2.94 bits per heavy atom. The van der Waals surface area contributed by atoms with E-state index in [1.807, 2.05) is 31.2 Å². The molecule has 4 heteroatoms. The van der Waals surface area contributed by atoms with Crippen LogP contribution in [-0.2, 0) is 6.54 Å². The number of aryl methyl sites for hydroxylation is 1. The van der Waals surface area contributed by atoms with Gasteiger partial charge in [0, 0.05) is 5.69 Å². The predicted octanol–water partition coefficient (Wildman–Crippen LogP) is 2.90. The second-order valence-corrected chi connectivity index (χ2v) is 3.79. The van der Waals surface area contributed by atoms with E-state index in [-0.39, 0.29) is 5.56 Å². The van der Waals surface area contributed by atoms with Gasteiger partial charge in [0.25, 0.3) is 0 Å². The number of benzene rings is 1. The molecule has 0 atom stereocenters. The maximum atomic E-state index is 10.9. The minimum absolute atomic E-state index is 0.199. The van der Waals surface area contributed by atoms with E-state index in [0.717, 1.165) is 11.3 Å². The number of nitrogens with one attached hydrogen (secondary N) is 1. The highest BCUT2D eigenvalue weighted by molar-refractivity contribution is 5.88. The topological polar surface area (TPSA) is 62.5 Å². The molecule has 0 fully saturated rings. The Morgan fingerprint density at radius 1 is 1.41 bits per heavy atom. The fourth-order valence-electron chi connectivity index (χ4n) is 1.61. The minimum Gasteiger partial charge on any atom is -0.478 e. The molecule has 4 nitrogen and oxygen atoms in total. The van der Waals surface area contributed by atoms with Crippen LogP contribution >= 0.6 is 0 Å². The third-order valence-electron chi connectivity index (χ3n) is 2.45. The summed E-state index contributed by atoms with van der Waals surface area (Å²) in [6, 6.07) is 9.31. The third-order valence-corrected chi connectivity index (χ3v) is 2.45. The van der Waals surface area contributed by atoms with Crippen molar-refractivity contribution < 1.29 is 14.3 Å². The van der Waals surface area contributed by atoms with Gasteiger partial charge >= 0.3 is 5.97 Å². The maximum absolute atomic E-state index is 10.9. The molecule has 0 unspecified atom stereocenters. The summed E-state index contributed by atoms with van der Waals surface area (Å²) in [4.78, 5) is 10.9. The molecule has 2 aromatic rings. The Hall–Kier alpha value is -2.23. The van der Waals surface area contributed by atoms with Gasteiger partial charge in [0.05, 0.1) is 12.8 Å². The average molecular weight is 231 g/mol. The van der Waals surface area contributed by atoms with E-state index in [1.54, 1.807) is 0 Å². The fraction of sp³-hybridized carbons (Fsp3) is 0.154. The first-order valence-corrected chi connectivity index (χ1v) is 5.27. The van der Waals surface area contributed by atoms with Gasteiger partial charge < -0.3 is 14.8 Å². The molecule has 0 aliphatic rings. The number of anilines is 1. The zero-order valence-electron chi connectivity index (χ0n) is 9.43. The van der Waals surface area contributed by atoms with Gasteiger partial charge in [-0.05, 0) is 30.7 Å². The van der Waals surface area contributed by atoms with Crippen LogP contribution in [0.25, 0.3) is 0 Å². The molecule has 0 aliphatic carbocycles. The summed E-state index contributed by atoms with van der Waals surface area (Å²) in [5.41, 5.74) is 2.29. The number of rotatable bonds is 4. The molecule has 2 rings (SSSR count). The monoisotopic (exact) mass is 231 g/mol. The van der Waals surface area contributed by atoms with Crippen molar-refractivity contribution in [1.29, 1.82) is 0 Å². The molecule has 1 heterocycles. The third kappa shape index (κ3) is 2.66. The lowest BCUT2D eigenvalue weighted by Crippen LogP contribution is -2.04. The van der Waals surface area contributed by atoms with Gasteiger partial charge in [-0.25, -0.2) is 4.79 Å². The molecule has 0 aliphatic heterocycles. The Balaban J connectivity index is 2.07. The highest BCUT2D eigenvalue weighted by Gasteiger charge is 2.12. The number of carbonyl (C=O) groups is 1. The molecule has 0 saturated carbocycles. The minimum atomic E-state index is -0.972. The lowest BCUT2D eigenvalue weighted by atomic mass is 10.2. The van der Waals surface area contributed by atoms with Crippen LogP contribution in [0.1, 0.15) is 21.7 Å². The van der Waals surface area contributed by atoms with Crippen molar-refractivity contribution in [2.24, 2.45) is 0 Å². The van der Waals surface area contributed by atoms with Crippen molar-refractivity contribution in [2.45, 2.75) is 13.5 Å². The number of aromatic carboxylic acids is 1. The standard InChI is InChI=1S/C13H13NO3/c1-9-3-2-4-10(7-9)14-8-12-11(13(15)16)5-6-17-12/h2-7,14H,8H2,1H3,(H,15,16). The average Bonchev–Trinajstić information content (AvgIpc) is 2.74. The first-order chi connectivity index (χ1) is 8.16. The van der Waals surface area contributed by atoms with Crippen LogP contribution in [0.5, 0.6) is 0 Å². The lowest BCUT2D eigenvalue weighted by Gasteiger charge is -2.05. The van der Waals surface area contributed by atoms with E-state index in [9.17, 15) is 4.79 Å². The quantitative estimate of drug-likeness (QED) is 0.849. The zero-order chi connectivity index (χ0) is 12.3. The van der Waals surface area contributed by atoms with Crippen molar-refractivity contribution >= 4 is 11.7 Å². The molecule has 0 spiro atoms. The molecule has 1 aromatic carbocycles. The molecular formula is C13H13NO3. The van der Waals surface area contributed by atoms with E-state index < -0.39 is 5.97 Å². The van der Waals surface area contributed by atoms with E-state index >= 15 is 0 Å². The van der Waals surface area contributed by atoms with Crippen LogP contribution in [0, 0.1) is 6.92 Å². The Morgan fingerprint density at radius 2 is 2.24 bits per heavy atom. The Labute approximate surface area is 98.9 Å². The van der Waals surface area contributed by atoms with Gasteiger partial charge in [0.15, 0.2) is 0 Å². The van der Waals surface area contributed by atoms with Crippen molar-refractivity contribution in [2.75, 3.05) is 5.32 Å². The summed E-state index contributed by atoms with van der Waals surface area (Å²) in [6.45, 7) is 2.36. The first-order valence-electron chi connectivity index (χ1n) is 5.27. The van der Waals surface area contributed by atoms with Crippen LogP contribution in [0.3, 0.4) is 0 Å². The van der Waals surface area contributed by atoms with Gasteiger partial charge in [-0.1, -0.05) is 12.1 Å². The summed E-state index contributed by atoms with van der Waals surface area (Å²) in [5.74, 6) is -0.543. The van der Waals surface area contributed by atoms with Gasteiger partial charge in [0.2, 0.25) is 0 Å². The Kier molecular flexibility index (Phi) is 3.14. The normalized spacial score (nSPS) is 10.2. The summed E-state index contributed by atoms with van der Waals surface area (Å²) in [7, 11) is 0. The molecule has 0 saturated heterocycles. The van der Waals surface area contributed by atoms with E-state index in [4.69, 9.17) is 9.52 Å². The molecule has 0 amide bonds. The fourth-order valence-corrected chi connectivity index (χ4v) is 1.61. The highest BCUT2D eigenvalue weighted by atomic mass is 16.4. The smallest absolute Gasteiger partial charge is 0.339 e. The molecule has 88 valence electrons. The van der Waals surface area contributed by atoms with Gasteiger partial charge in [0.1, 0.15) is 11.3 Å². The number of hydrogen-bond acceptors (Lipinski definition) is 3. The van der Waals surface area contributed by atoms with Gasteiger partial charge in [-0.3, -0.25) is 0 Å². The number of furan rings is 1. The largest absolute Gasteiger partial charge is 0.478 e. The van der Waals surface area contributed by atoms with Gasteiger partial charge in [-0.2, -0.15) is 0 Å². The SMILES string of the molecule is Cc1cccc(NCc2occc2C(=O)O)c1. The van der Waals surface area contributed by atoms with Crippen molar-refractivity contribution in [1.82, 2.24) is 0 Å². The lowest BCUT2D eigenvalue weighted by molar-refractivity contribution is 0.0694. The maximum Gasteiger partial charge on any atom is 0.339 e. The second-order valence-electron chi connectivity index (χ2n) is 3.79. The van der Waals surface area contributed by atoms with Gasteiger partial charge in [-0.15, -0.1) is 0 Å². The van der Waals surface area contributed by atoms with Crippen molar-refractivity contribution in [3.63, 3.8) is 0 Å². The number of carboxylic acid groups (broad SMARTS) is 1. The summed E-state index contributed by atoms with van der Waals surface area (Å²) in [5, 5.41) is 12.0. The predicted molar refractivity (Wildman–Crippen MR) is 64.2 cm³/mol. The van der Waals surface area contributed by atoms with E-state index in [2.05, 4.69) is 5.32 Å². The summed E-state index contributed by atoms with van der Waals surface area (Å²) >= 11 is 0. The van der Waals surface area contributed by atoms with E-state index in [0.29, 0.717) is 12.3 Å². The first kappa shape index (κ1) is 11.3. The number of hydrogen-bond donors (Lipinski definition) is 2. The Bertz CT molecular complexity index is 531. The summed E-state index contributed by atoms with van der Waals surface area (Å²) in [6.07, 6.45) is 1.39. The molecular weight excluding hydrogens is 218 g/mol. The van der Waals surface area contributed by atoms with Crippen LogP contribution in [0.2, 0.25) is 0 Å². The molecule has 1 aromatic heterocycles. The van der Waals surface area contributed by atoms with Crippen LogP contribution in [0.15, 0.2) is 41.0 Å².